The van der Waals surface area contributed by atoms with Gasteiger partial charge in [0.15, 0.2) is 0 Å². The van der Waals surface area contributed by atoms with Crippen molar-refractivity contribution in [1.82, 2.24) is 0 Å². The average Bonchev–Trinajstić information content (AvgIpc) is 2.91. The number of aliphatic carboxylic acids is 1. The molecule has 0 amide bonds. The molecule has 0 atom stereocenters. The molecule has 0 unspecified atom stereocenters. The number of unbranched alkanes of at least 4 members (excludes halogenated alkanes) is 2. The number of hydrogen-bond donors (Lipinski definition) is 1. The Labute approximate surface area is 222 Å². The summed E-state index contributed by atoms with van der Waals surface area (Å²) in [6.07, 6.45) is 8.34. The summed E-state index contributed by atoms with van der Waals surface area (Å²) in [5.74, 6) is -1.17. The van der Waals surface area contributed by atoms with Crippen molar-refractivity contribution in [3.63, 3.8) is 0 Å². The maximum Gasteiger partial charge on any atom is 0.327 e. The third-order valence-electron chi connectivity index (χ3n) is 5.04. The molecule has 204 valence electrons. The van der Waals surface area contributed by atoms with Crippen LogP contribution >= 0.6 is 0 Å². The Balaban J connectivity index is 0.000000596. The number of benzene rings is 2. The van der Waals surface area contributed by atoms with Gasteiger partial charge in [-0.1, -0.05) is 101 Å². The van der Waals surface area contributed by atoms with E-state index in [4.69, 9.17) is 14.6 Å². The minimum absolute atomic E-state index is 0.0262. The molecule has 0 bridgehead atoms. The summed E-state index contributed by atoms with van der Waals surface area (Å²) in [6.45, 7) is 9.85. The second-order valence-corrected chi connectivity index (χ2v) is 8.72. The van der Waals surface area contributed by atoms with E-state index < -0.39 is 5.97 Å². The first kappa shape index (κ1) is 33.6. The third-order valence-corrected chi connectivity index (χ3v) is 5.04. The molecule has 0 aliphatic carbocycles. The molecule has 2 rings (SSSR count). The van der Waals surface area contributed by atoms with Gasteiger partial charge in [-0.3, -0.25) is 9.59 Å². The van der Waals surface area contributed by atoms with E-state index in [2.05, 4.69) is 37.8 Å². The van der Waals surface area contributed by atoms with Gasteiger partial charge in [0.1, 0.15) is 0 Å². The molecule has 2 aromatic carbocycles. The molecule has 0 radical (unpaired) electrons. The van der Waals surface area contributed by atoms with Gasteiger partial charge in [-0.05, 0) is 43.2 Å². The first-order valence-corrected chi connectivity index (χ1v) is 13.1. The van der Waals surface area contributed by atoms with Crippen molar-refractivity contribution in [2.75, 3.05) is 13.2 Å². The van der Waals surface area contributed by atoms with Crippen molar-refractivity contribution in [2.24, 2.45) is 5.92 Å². The monoisotopic (exact) mass is 512 g/mol. The number of esters is 2. The average molecular weight is 513 g/mol. The largest absolute Gasteiger partial charge is 0.478 e. The van der Waals surface area contributed by atoms with Crippen LogP contribution < -0.4 is 0 Å². The first-order valence-electron chi connectivity index (χ1n) is 13.1. The van der Waals surface area contributed by atoms with Gasteiger partial charge in [0.05, 0.1) is 19.1 Å². The SMILES string of the molecule is C=CC(=O)O.CC(C)C(=O)OCCCc1ccccc1.CCCCCC(=O)OCCCc1ccccc1. The zero-order valence-electron chi connectivity index (χ0n) is 22.7. The minimum Gasteiger partial charge on any atom is -0.478 e. The maximum atomic E-state index is 11.3. The number of carbonyl (C=O) groups excluding carboxylic acids is 2. The lowest BCUT2D eigenvalue weighted by Gasteiger charge is -2.06. The fourth-order valence-electron chi connectivity index (χ4n) is 2.96. The number of rotatable bonds is 14. The summed E-state index contributed by atoms with van der Waals surface area (Å²) in [6, 6.07) is 20.5. The summed E-state index contributed by atoms with van der Waals surface area (Å²) < 4.78 is 10.3. The number of hydrogen-bond acceptors (Lipinski definition) is 5. The van der Waals surface area contributed by atoms with Crippen LogP contribution in [0.2, 0.25) is 0 Å². The van der Waals surface area contributed by atoms with E-state index in [0.29, 0.717) is 19.6 Å². The number of ether oxygens (including phenoxy) is 2. The fraction of sp³-hybridized carbons (Fsp3) is 0.452. The molecular formula is C31H44O6. The summed E-state index contributed by atoms with van der Waals surface area (Å²) in [5, 5.41) is 7.60. The summed E-state index contributed by atoms with van der Waals surface area (Å²) >= 11 is 0. The first-order chi connectivity index (χ1) is 17.8. The number of carboxylic acids is 1. The molecule has 2 aromatic rings. The Morgan fingerprint density at radius 3 is 1.68 bits per heavy atom. The molecular weight excluding hydrogens is 468 g/mol. The zero-order chi connectivity index (χ0) is 27.7. The Kier molecular flexibility index (Phi) is 20.9. The van der Waals surface area contributed by atoms with Crippen LogP contribution in [0.4, 0.5) is 0 Å². The van der Waals surface area contributed by atoms with Crippen LogP contribution in [0, 0.1) is 5.92 Å². The molecule has 0 heterocycles. The van der Waals surface area contributed by atoms with E-state index in [9.17, 15) is 14.4 Å². The van der Waals surface area contributed by atoms with Crippen LogP contribution in [0.25, 0.3) is 0 Å². The van der Waals surface area contributed by atoms with E-state index in [1.165, 1.54) is 11.1 Å². The van der Waals surface area contributed by atoms with E-state index >= 15 is 0 Å². The van der Waals surface area contributed by atoms with Crippen molar-refractivity contribution in [2.45, 2.75) is 72.1 Å². The van der Waals surface area contributed by atoms with Crippen molar-refractivity contribution in [3.8, 4) is 0 Å². The molecule has 6 heteroatoms. The summed E-state index contributed by atoms with van der Waals surface area (Å²) in [7, 11) is 0. The summed E-state index contributed by atoms with van der Waals surface area (Å²) in [5.41, 5.74) is 2.59. The van der Waals surface area contributed by atoms with Crippen molar-refractivity contribution >= 4 is 17.9 Å². The Bertz CT molecular complexity index is 862. The predicted octanol–water partition coefficient (Wildman–Crippen LogP) is 6.82. The molecule has 1 N–H and O–H groups in total. The smallest absolute Gasteiger partial charge is 0.327 e. The van der Waals surface area contributed by atoms with Crippen LogP contribution in [0.3, 0.4) is 0 Å². The van der Waals surface area contributed by atoms with Gasteiger partial charge in [0.25, 0.3) is 0 Å². The van der Waals surface area contributed by atoms with Gasteiger partial charge in [-0.2, -0.15) is 0 Å². The molecule has 0 aliphatic rings. The topological polar surface area (TPSA) is 89.9 Å². The number of carbonyl (C=O) groups is 3. The van der Waals surface area contributed by atoms with Crippen LogP contribution in [0.1, 0.15) is 70.4 Å². The lowest BCUT2D eigenvalue weighted by molar-refractivity contribution is -0.147. The second-order valence-electron chi connectivity index (χ2n) is 8.72. The molecule has 6 nitrogen and oxygen atoms in total. The van der Waals surface area contributed by atoms with Gasteiger partial charge in [-0.25, -0.2) is 4.79 Å². The predicted molar refractivity (Wildman–Crippen MR) is 148 cm³/mol. The lowest BCUT2D eigenvalue weighted by Crippen LogP contribution is -2.12. The van der Waals surface area contributed by atoms with Crippen LogP contribution in [-0.2, 0) is 36.7 Å². The van der Waals surface area contributed by atoms with Crippen molar-refractivity contribution in [3.05, 3.63) is 84.4 Å². The summed E-state index contributed by atoms with van der Waals surface area (Å²) in [4.78, 5) is 31.7. The third kappa shape index (κ3) is 21.6. The van der Waals surface area contributed by atoms with Gasteiger partial charge in [0, 0.05) is 12.5 Å². The zero-order valence-corrected chi connectivity index (χ0v) is 22.7. The molecule has 0 aliphatic heterocycles. The van der Waals surface area contributed by atoms with Crippen molar-refractivity contribution < 1.29 is 29.0 Å². The van der Waals surface area contributed by atoms with Gasteiger partial charge < -0.3 is 14.6 Å². The molecule has 0 aromatic heterocycles. The fourth-order valence-corrected chi connectivity index (χ4v) is 2.96. The molecule has 0 fully saturated rings. The van der Waals surface area contributed by atoms with Gasteiger partial charge >= 0.3 is 17.9 Å². The lowest BCUT2D eigenvalue weighted by atomic mass is 10.1. The Morgan fingerprint density at radius 1 is 0.811 bits per heavy atom. The number of carboxylic acid groups (broad SMARTS) is 1. The van der Waals surface area contributed by atoms with E-state index in [0.717, 1.165) is 51.0 Å². The molecule has 0 saturated heterocycles. The maximum absolute atomic E-state index is 11.3. The van der Waals surface area contributed by atoms with Crippen LogP contribution in [0.15, 0.2) is 73.3 Å². The highest BCUT2D eigenvalue weighted by atomic mass is 16.5. The van der Waals surface area contributed by atoms with E-state index in [1.807, 2.05) is 50.2 Å². The molecule has 0 spiro atoms. The van der Waals surface area contributed by atoms with E-state index in [-0.39, 0.29) is 17.9 Å². The Hall–Kier alpha value is -3.41. The second kappa shape index (κ2) is 23.0. The van der Waals surface area contributed by atoms with Crippen molar-refractivity contribution in [1.29, 1.82) is 0 Å². The molecule has 37 heavy (non-hydrogen) atoms. The minimum atomic E-state index is -0.981. The highest BCUT2D eigenvalue weighted by Gasteiger charge is 2.07. The van der Waals surface area contributed by atoms with Gasteiger partial charge in [-0.15, -0.1) is 0 Å². The quantitative estimate of drug-likeness (QED) is 0.170. The standard InChI is InChI=1S/C15H22O2.C13H18O2.C3H4O2/c1-2-3-5-12-15(16)17-13-8-11-14-9-6-4-7-10-14;1-11(2)13(14)15-10-6-9-12-7-4-3-5-8-12;1-2-3(4)5/h4,6-7,9-10H,2-3,5,8,11-13H2,1H3;3-5,7-8,11H,6,9-10H2,1-2H3;2H,1H2,(H,4,5). The Morgan fingerprint density at radius 2 is 1.27 bits per heavy atom. The van der Waals surface area contributed by atoms with E-state index in [1.54, 1.807) is 0 Å². The molecule has 0 saturated carbocycles. The highest BCUT2D eigenvalue weighted by Crippen LogP contribution is 2.05. The van der Waals surface area contributed by atoms with Gasteiger partial charge in [0.2, 0.25) is 0 Å². The highest BCUT2D eigenvalue weighted by molar-refractivity contribution is 5.78. The number of aryl methyl sites for hydroxylation is 2. The van der Waals surface area contributed by atoms with Crippen LogP contribution in [-0.4, -0.2) is 36.2 Å². The van der Waals surface area contributed by atoms with Crippen LogP contribution in [0.5, 0.6) is 0 Å². The normalized spacial score (nSPS) is 9.73.